The summed E-state index contributed by atoms with van der Waals surface area (Å²) in [7, 11) is 1.31. The Hall–Kier alpha value is -2.89. The first kappa shape index (κ1) is 18.9. The van der Waals surface area contributed by atoms with Crippen molar-refractivity contribution in [3.05, 3.63) is 53.9 Å². The van der Waals surface area contributed by atoms with Crippen LogP contribution < -0.4 is 10.2 Å². The summed E-state index contributed by atoms with van der Waals surface area (Å²) in [5.74, 6) is -0.853. The summed E-state index contributed by atoms with van der Waals surface area (Å²) < 4.78 is 4.76. The number of nitrogens with one attached hydrogen (secondary N) is 1. The van der Waals surface area contributed by atoms with Gasteiger partial charge in [0, 0.05) is 12.6 Å². The fourth-order valence-corrected chi connectivity index (χ4v) is 3.52. The largest absolute Gasteiger partial charge is 0.465 e. The molecule has 1 amide bonds. The topological polar surface area (TPSA) is 71.5 Å². The molecule has 1 aromatic carbocycles. The van der Waals surface area contributed by atoms with Crippen molar-refractivity contribution in [2.75, 3.05) is 23.9 Å². The van der Waals surface area contributed by atoms with E-state index in [0.29, 0.717) is 23.0 Å². The van der Waals surface area contributed by atoms with Gasteiger partial charge in [-0.05, 0) is 49.9 Å². The molecule has 6 nitrogen and oxygen atoms in total. The molecule has 0 radical (unpaired) electrons. The number of rotatable bonds is 5. The van der Waals surface area contributed by atoms with Gasteiger partial charge in [-0.3, -0.25) is 4.79 Å². The first-order valence-electron chi connectivity index (χ1n) is 9.35. The molecule has 1 fully saturated rings. The lowest BCUT2D eigenvalue weighted by molar-refractivity contribution is 0.0602. The summed E-state index contributed by atoms with van der Waals surface area (Å²) in [5, 5.41) is 2.75. The number of ether oxygens (including phenoxy) is 1. The molecule has 1 saturated heterocycles. The van der Waals surface area contributed by atoms with E-state index >= 15 is 0 Å². The summed E-state index contributed by atoms with van der Waals surface area (Å²) in [6.45, 7) is 3.23. The highest BCUT2D eigenvalue weighted by Gasteiger charge is 2.22. The minimum absolute atomic E-state index is 0.309. The number of anilines is 2. The average Bonchev–Trinajstić information content (AvgIpc) is 2.73. The zero-order valence-electron chi connectivity index (χ0n) is 15.8. The van der Waals surface area contributed by atoms with Crippen molar-refractivity contribution in [3.8, 4) is 0 Å². The van der Waals surface area contributed by atoms with E-state index in [4.69, 9.17) is 4.74 Å². The lowest BCUT2D eigenvalue weighted by atomic mass is 9.99. The molecule has 27 heavy (non-hydrogen) atoms. The molecular weight excluding hydrogens is 342 g/mol. The Morgan fingerprint density at radius 3 is 2.74 bits per heavy atom. The fraction of sp³-hybridized carbons (Fsp3) is 0.381. The van der Waals surface area contributed by atoms with Crippen molar-refractivity contribution in [2.45, 2.75) is 38.6 Å². The summed E-state index contributed by atoms with van der Waals surface area (Å²) >= 11 is 0. The molecule has 6 heteroatoms. The third kappa shape index (κ3) is 4.27. The number of piperidine rings is 1. The number of amides is 1. The molecule has 2 aromatic rings. The Morgan fingerprint density at radius 2 is 2.04 bits per heavy atom. The second-order valence-corrected chi connectivity index (χ2v) is 6.64. The highest BCUT2D eigenvalue weighted by atomic mass is 16.5. The molecule has 2 heterocycles. The van der Waals surface area contributed by atoms with Crippen molar-refractivity contribution in [2.24, 2.45) is 0 Å². The molecule has 1 N–H and O–H groups in total. The number of methoxy groups -OCH3 is 1. The molecule has 1 aliphatic heterocycles. The normalized spacial score (nSPS) is 16.7. The minimum Gasteiger partial charge on any atom is -0.465 e. The Morgan fingerprint density at radius 1 is 1.22 bits per heavy atom. The van der Waals surface area contributed by atoms with E-state index in [-0.39, 0.29) is 5.91 Å². The number of pyridine rings is 1. The van der Waals surface area contributed by atoms with Crippen LogP contribution in [0.1, 0.15) is 53.5 Å². The van der Waals surface area contributed by atoms with Crippen molar-refractivity contribution in [3.63, 3.8) is 0 Å². The molecule has 1 aromatic heterocycles. The highest BCUT2D eigenvalue weighted by Crippen LogP contribution is 2.26. The smallest absolute Gasteiger partial charge is 0.339 e. The van der Waals surface area contributed by atoms with Crippen LogP contribution >= 0.6 is 0 Å². The van der Waals surface area contributed by atoms with Gasteiger partial charge in [0.1, 0.15) is 5.69 Å². The number of para-hydroxylation sites is 1. The number of hydrogen-bond donors (Lipinski definition) is 1. The summed E-state index contributed by atoms with van der Waals surface area (Å²) in [4.78, 5) is 31.1. The van der Waals surface area contributed by atoms with Gasteiger partial charge in [0.2, 0.25) is 0 Å². The standard InChI is InChI=1S/C21H25N3O3/c1-3-15-8-6-7-13-24(15)16-11-12-19(22-14-16)20(25)23-18-10-5-4-9-17(18)21(26)27-2/h4-5,9-12,14-15H,3,6-8,13H2,1-2H3,(H,23,25). The van der Waals surface area contributed by atoms with E-state index in [1.165, 1.54) is 26.4 Å². The quantitative estimate of drug-likeness (QED) is 0.812. The number of carbonyl (C=O) groups excluding carboxylic acids is 2. The number of esters is 1. The molecule has 0 aliphatic carbocycles. The second kappa shape index (κ2) is 8.66. The van der Waals surface area contributed by atoms with Crippen LogP contribution in [0.25, 0.3) is 0 Å². The lowest BCUT2D eigenvalue weighted by Gasteiger charge is -2.37. The maximum atomic E-state index is 12.5. The van der Waals surface area contributed by atoms with Crippen molar-refractivity contribution in [1.29, 1.82) is 0 Å². The molecule has 0 saturated carbocycles. The number of carbonyl (C=O) groups is 2. The molecule has 1 aliphatic rings. The molecule has 142 valence electrons. The zero-order chi connectivity index (χ0) is 19.2. The average molecular weight is 367 g/mol. The lowest BCUT2D eigenvalue weighted by Crippen LogP contribution is -2.39. The highest BCUT2D eigenvalue weighted by molar-refractivity contribution is 6.07. The van der Waals surface area contributed by atoms with Gasteiger partial charge in [-0.1, -0.05) is 19.1 Å². The van der Waals surface area contributed by atoms with Crippen molar-refractivity contribution < 1.29 is 14.3 Å². The van der Waals surface area contributed by atoms with Gasteiger partial charge >= 0.3 is 5.97 Å². The maximum Gasteiger partial charge on any atom is 0.339 e. The van der Waals surface area contributed by atoms with Gasteiger partial charge in [0.05, 0.1) is 30.2 Å². The number of hydrogen-bond acceptors (Lipinski definition) is 5. The van der Waals surface area contributed by atoms with E-state index in [2.05, 4.69) is 22.1 Å². The summed E-state index contributed by atoms with van der Waals surface area (Å²) in [6, 6.07) is 11.0. The van der Waals surface area contributed by atoms with E-state index in [1.54, 1.807) is 36.5 Å². The van der Waals surface area contributed by atoms with Crippen molar-refractivity contribution in [1.82, 2.24) is 4.98 Å². The molecule has 0 bridgehead atoms. The van der Waals surface area contributed by atoms with Gasteiger partial charge in [-0.2, -0.15) is 0 Å². The predicted molar refractivity (Wildman–Crippen MR) is 105 cm³/mol. The van der Waals surface area contributed by atoms with Gasteiger partial charge in [0.25, 0.3) is 5.91 Å². The molecular formula is C21H25N3O3. The second-order valence-electron chi connectivity index (χ2n) is 6.64. The SMILES string of the molecule is CCC1CCCCN1c1ccc(C(=O)Nc2ccccc2C(=O)OC)nc1. The van der Waals surface area contributed by atoms with Crippen LogP contribution in [0.2, 0.25) is 0 Å². The van der Waals surface area contributed by atoms with Crippen LogP contribution in [0.15, 0.2) is 42.6 Å². The van der Waals surface area contributed by atoms with Crippen LogP contribution in [0.5, 0.6) is 0 Å². The summed E-state index contributed by atoms with van der Waals surface area (Å²) in [6.07, 6.45) is 6.51. The van der Waals surface area contributed by atoms with Gasteiger partial charge in [-0.25, -0.2) is 9.78 Å². The van der Waals surface area contributed by atoms with Crippen molar-refractivity contribution >= 4 is 23.3 Å². The van der Waals surface area contributed by atoms with Crippen LogP contribution in [-0.2, 0) is 4.74 Å². The Bertz CT molecular complexity index is 805. The summed E-state index contributed by atoms with van der Waals surface area (Å²) in [5.41, 5.74) is 2.07. The molecule has 0 spiro atoms. The Labute approximate surface area is 159 Å². The molecule has 1 atom stereocenters. The van der Waals surface area contributed by atoms with E-state index in [9.17, 15) is 9.59 Å². The zero-order valence-corrected chi connectivity index (χ0v) is 15.8. The van der Waals surface area contributed by atoms with Gasteiger partial charge in [0.15, 0.2) is 0 Å². The number of benzene rings is 1. The predicted octanol–water partition coefficient (Wildman–Crippen LogP) is 3.89. The minimum atomic E-state index is -0.495. The Kier molecular flexibility index (Phi) is 6.06. The van der Waals surface area contributed by atoms with E-state index in [1.807, 2.05) is 6.07 Å². The van der Waals surface area contributed by atoms with E-state index < -0.39 is 5.97 Å². The Balaban J connectivity index is 1.74. The maximum absolute atomic E-state index is 12.5. The monoisotopic (exact) mass is 367 g/mol. The number of aromatic nitrogens is 1. The fourth-order valence-electron chi connectivity index (χ4n) is 3.52. The first-order chi connectivity index (χ1) is 13.1. The van der Waals surface area contributed by atoms with Gasteiger partial charge in [-0.15, -0.1) is 0 Å². The molecule has 3 rings (SSSR count). The van der Waals surface area contributed by atoms with Gasteiger partial charge < -0.3 is 15.0 Å². The molecule has 1 unspecified atom stereocenters. The van der Waals surface area contributed by atoms with Crippen LogP contribution in [0.4, 0.5) is 11.4 Å². The van der Waals surface area contributed by atoms with Crippen LogP contribution in [0.3, 0.4) is 0 Å². The first-order valence-corrected chi connectivity index (χ1v) is 9.35. The third-order valence-electron chi connectivity index (χ3n) is 4.99. The van der Waals surface area contributed by atoms with Crippen LogP contribution in [0, 0.1) is 0 Å². The van der Waals surface area contributed by atoms with E-state index in [0.717, 1.165) is 18.7 Å². The van der Waals surface area contributed by atoms with Crippen LogP contribution in [-0.4, -0.2) is 36.6 Å². The number of nitrogens with zero attached hydrogens (tertiary/aromatic N) is 2. The third-order valence-corrected chi connectivity index (χ3v) is 4.99.